The average Bonchev–Trinajstić information content (AvgIpc) is 2.14. The molecule has 0 heterocycles. The van der Waals surface area contributed by atoms with Gasteiger partial charge in [0, 0.05) is 0 Å². The van der Waals surface area contributed by atoms with Crippen molar-refractivity contribution >= 4 is 10.0 Å². The Labute approximate surface area is 86.6 Å². The topological polar surface area (TPSA) is 80.4 Å². The van der Waals surface area contributed by atoms with Gasteiger partial charge in [-0.05, 0) is 18.2 Å². The minimum Gasteiger partial charge on any atom is -0.384 e. The summed E-state index contributed by atoms with van der Waals surface area (Å²) in [5.74, 6) is 3.79. The van der Waals surface area contributed by atoms with Crippen molar-refractivity contribution in [2.75, 3.05) is 6.61 Å². The van der Waals surface area contributed by atoms with Crippen LogP contribution in [0.4, 0.5) is 4.39 Å². The Kier molecular flexibility index (Phi) is 3.42. The minimum absolute atomic E-state index is 0.0106. The van der Waals surface area contributed by atoms with Crippen molar-refractivity contribution in [2.45, 2.75) is 4.90 Å². The second-order valence-electron chi connectivity index (χ2n) is 2.65. The molecule has 0 bridgehead atoms. The molecular weight excluding hydrogens is 221 g/mol. The molecule has 80 valence electrons. The van der Waals surface area contributed by atoms with Gasteiger partial charge < -0.3 is 5.11 Å². The number of sulfonamides is 1. The zero-order valence-electron chi connectivity index (χ0n) is 7.57. The van der Waals surface area contributed by atoms with Gasteiger partial charge in [0.1, 0.15) is 12.4 Å². The lowest BCUT2D eigenvalue weighted by molar-refractivity contribution is 0.350. The highest BCUT2D eigenvalue weighted by Crippen LogP contribution is 2.12. The molecule has 6 heteroatoms. The van der Waals surface area contributed by atoms with Crippen LogP contribution in [0.1, 0.15) is 5.56 Å². The molecule has 0 spiro atoms. The summed E-state index contributed by atoms with van der Waals surface area (Å²) < 4.78 is 34.9. The van der Waals surface area contributed by atoms with Crippen molar-refractivity contribution in [1.29, 1.82) is 0 Å². The molecular formula is C9H8FNO3S. The number of rotatable bonds is 1. The van der Waals surface area contributed by atoms with E-state index in [0.717, 1.165) is 12.1 Å². The summed E-state index contributed by atoms with van der Waals surface area (Å²) >= 11 is 0. The SMILES string of the molecule is NS(=O)(=O)c1ccc(C#CCO)c(F)c1. The molecule has 4 nitrogen and oxygen atoms in total. The molecule has 0 aliphatic heterocycles. The summed E-state index contributed by atoms with van der Waals surface area (Å²) in [6.45, 7) is -0.392. The zero-order valence-corrected chi connectivity index (χ0v) is 8.38. The Balaban J connectivity index is 3.21. The fourth-order valence-electron chi connectivity index (χ4n) is 0.909. The third-order valence-corrected chi connectivity index (χ3v) is 2.48. The molecule has 0 radical (unpaired) electrons. The van der Waals surface area contributed by atoms with Crippen molar-refractivity contribution in [1.82, 2.24) is 0 Å². The van der Waals surface area contributed by atoms with E-state index in [1.54, 1.807) is 0 Å². The summed E-state index contributed by atoms with van der Waals surface area (Å²) in [5, 5.41) is 13.2. The van der Waals surface area contributed by atoms with E-state index >= 15 is 0 Å². The van der Waals surface area contributed by atoms with Crippen LogP contribution in [0.15, 0.2) is 23.1 Å². The lowest BCUT2D eigenvalue weighted by Crippen LogP contribution is -2.12. The lowest BCUT2D eigenvalue weighted by Gasteiger charge is -1.99. The lowest BCUT2D eigenvalue weighted by atomic mass is 10.2. The van der Waals surface area contributed by atoms with Gasteiger partial charge in [-0.3, -0.25) is 0 Å². The van der Waals surface area contributed by atoms with Crippen LogP contribution in [-0.2, 0) is 10.0 Å². The van der Waals surface area contributed by atoms with E-state index in [9.17, 15) is 12.8 Å². The van der Waals surface area contributed by atoms with E-state index in [2.05, 4.69) is 11.8 Å². The van der Waals surface area contributed by atoms with E-state index in [1.165, 1.54) is 6.07 Å². The molecule has 1 aromatic rings. The Morgan fingerprint density at radius 3 is 2.60 bits per heavy atom. The van der Waals surface area contributed by atoms with Crippen molar-refractivity contribution in [3.8, 4) is 11.8 Å². The number of primary sulfonamides is 1. The van der Waals surface area contributed by atoms with Gasteiger partial charge in [-0.1, -0.05) is 11.8 Å². The maximum Gasteiger partial charge on any atom is 0.238 e. The maximum atomic E-state index is 13.2. The quantitative estimate of drug-likeness (QED) is 0.655. The second kappa shape index (κ2) is 4.40. The molecule has 15 heavy (non-hydrogen) atoms. The van der Waals surface area contributed by atoms with Gasteiger partial charge in [0.05, 0.1) is 10.5 Å². The van der Waals surface area contributed by atoms with Crippen LogP contribution in [-0.4, -0.2) is 20.1 Å². The van der Waals surface area contributed by atoms with Gasteiger partial charge in [-0.2, -0.15) is 0 Å². The molecule has 0 amide bonds. The third kappa shape index (κ3) is 3.02. The number of halogens is 1. The van der Waals surface area contributed by atoms with Crippen molar-refractivity contribution in [3.05, 3.63) is 29.6 Å². The first-order valence-corrected chi connectivity index (χ1v) is 5.42. The number of aliphatic hydroxyl groups excluding tert-OH is 1. The van der Waals surface area contributed by atoms with Crippen LogP contribution in [0.5, 0.6) is 0 Å². The molecule has 0 aromatic heterocycles. The Bertz CT molecular complexity index is 528. The second-order valence-corrected chi connectivity index (χ2v) is 4.21. The maximum absolute atomic E-state index is 13.2. The minimum atomic E-state index is -3.90. The molecule has 0 aliphatic rings. The Morgan fingerprint density at radius 1 is 1.47 bits per heavy atom. The fourth-order valence-corrected chi connectivity index (χ4v) is 1.43. The number of hydrogen-bond acceptors (Lipinski definition) is 3. The molecule has 0 atom stereocenters. The van der Waals surface area contributed by atoms with E-state index in [0.29, 0.717) is 0 Å². The zero-order chi connectivity index (χ0) is 11.5. The van der Waals surface area contributed by atoms with Crippen LogP contribution in [0.3, 0.4) is 0 Å². The molecule has 0 unspecified atom stereocenters. The highest BCUT2D eigenvalue weighted by atomic mass is 32.2. The first-order chi connectivity index (χ1) is 6.95. The number of hydrogen-bond donors (Lipinski definition) is 2. The van der Waals surface area contributed by atoms with Crippen molar-refractivity contribution in [2.24, 2.45) is 5.14 Å². The fraction of sp³-hybridized carbons (Fsp3) is 0.111. The molecule has 0 fully saturated rings. The van der Waals surface area contributed by atoms with Gasteiger partial charge in [0.2, 0.25) is 10.0 Å². The monoisotopic (exact) mass is 229 g/mol. The largest absolute Gasteiger partial charge is 0.384 e. The Morgan fingerprint density at radius 2 is 2.13 bits per heavy atom. The van der Waals surface area contributed by atoms with Crippen LogP contribution < -0.4 is 5.14 Å². The Hall–Kier alpha value is -1.42. The summed E-state index contributed by atoms with van der Waals surface area (Å²) in [4.78, 5) is -0.311. The van der Waals surface area contributed by atoms with E-state index in [-0.39, 0.29) is 10.5 Å². The molecule has 1 rings (SSSR count). The highest BCUT2D eigenvalue weighted by molar-refractivity contribution is 7.89. The van der Waals surface area contributed by atoms with Gasteiger partial charge in [-0.15, -0.1) is 0 Å². The van der Waals surface area contributed by atoms with Gasteiger partial charge in [0.25, 0.3) is 0 Å². The summed E-state index contributed by atoms with van der Waals surface area (Å²) in [7, 11) is -3.90. The van der Waals surface area contributed by atoms with Gasteiger partial charge in [0.15, 0.2) is 0 Å². The van der Waals surface area contributed by atoms with Crippen molar-refractivity contribution in [3.63, 3.8) is 0 Å². The normalized spacial score (nSPS) is 10.6. The van der Waals surface area contributed by atoms with Crippen LogP contribution >= 0.6 is 0 Å². The first-order valence-electron chi connectivity index (χ1n) is 3.87. The molecule has 1 aromatic carbocycles. The summed E-state index contributed by atoms with van der Waals surface area (Å²) in [6, 6.07) is 3.13. The van der Waals surface area contributed by atoms with E-state index < -0.39 is 22.4 Å². The molecule has 0 saturated heterocycles. The van der Waals surface area contributed by atoms with E-state index in [1.807, 2.05) is 0 Å². The number of nitrogens with two attached hydrogens (primary N) is 1. The van der Waals surface area contributed by atoms with E-state index in [4.69, 9.17) is 10.2 Å². The number of aliphatic hydroxyl groups is 1. The number of benzene rings is 1. The molecule has 0 saturated carbocycles. The summed E-state index contributed by atoms with van der Waals surface area (Å²) in [6.07, 6.45) is 0. The van der Waals surface area contributed by atoms with Crippen LogP contribution in [0, 0.1) is 17.7 Å². The third-order valence-electron chi connectivity index (χ3n) is 1.57. The average molecular weight is 229 g/mol. The standard InChI is InChI=1S/C9H8FNO3S/c10-9-6-8(15(11,13)14)4-3-7(9)2-1-5-12/h3-4,6,12H,5H2,(H2,11,13,14). The van der Waals surface area contributed by atoms with Gasteiger partial charge in [-0.25, -0.2) is 17.9 Å². The highest BCUT2D eigenvalue weighted by Gasteiger charge is 2.10. The summed E-state index contributed by atoms with van der Waals surface area (Å²) in [5.41, 5.74) is 0.0106. The smallest absolute Gasteiger partial charge is 0.238 e. The predicted octanol–water partition coefficient (Wildman–Crippen LogP) is -0.183. The first kappa shape index (κ1) is 11.7. The van der Waals surface area contributed by atoms with Crippen LogP contribution in [0.2, 0.25) is 0 Å². The predicted molar refractivity (Wildman–Crippen MR) is 51.7 cm³/mol. The van der Waals surface area contributed by atoms with Gasteiger partial charge >= 0.3 is 0 Å². The van der Waals surface area contributed by atoms with Crippen molar-refractivity contribution < 1.29 is 17.9 Å². The molecule has 0 aliphatic carbocycles. The van der Waals surface area contributed by atoms with Crippen LogP contribution in [0.25, 0.3) is 0 Å². The molecule has 3 N–H and O–H groups in total.